The molecule has 0 saturated heterocycles. The van der Waals surface area contributed by atoms with Crippen molar-refractivity contribution in [3.63, 3.8) is 0 Å². The number of carbonyl (C=O) groups excluding carboxylic acids is 2. The maximum Gasteiger partial charge on any atom is 0.255 e. The third kappa shape index (κ3) is 4.76. The van der Waals surface area contributed by atoms with E-state index in [1.165, 1.54) is 18.2 Å². The van der Waals surface area contributed by atoms with Crippen molar-refractivity contribution in [2.75, 3.05) is 5.32 Å². The molecule has 0 atom stereocenters. The number of hydrogen-bond acceptors (Lipinski definition) is 3. The van der Waals surface area contributed by atoms with Gasteiger partial charge in [-0.1, -0.05) is 0 Å². The Morgan fingerprint density at radius 3 is 2.33 bits per heavy atom. The standard InChI is InChI=1S/C21H18FN3O2/c1-14-12-17(22)4-7-19(14)21(27)25-18-5-2-16(3-6-18)20(26)24-13-15-8-10-23-11-9-15/h2-12H,13H2,1H3,(H,24,26)(H,25,27). The fourth-order valence-corrected chi connectivity index (χ4v) is 2.57. The summed E-state index contributed by atoms with van der Waals surface area (Å²) in [4.78, 5) is 28.4. The molecule has 0 radical (unpaired) electrons. The summed E-state index contributed by atoms with van der Waals surface area (Å²) in [5.41, 5.74) is 2.95. The lowest BCUT2D eigenvalue weighted by Gasteiger charge is -2.09. The molecule has 136 valence electrons. The molecule has 0 saturated carbocycles. The first kappa shape index (κ1) is 18.3. The van der Waals surface area contributed by atoms with Gasteiger partial charge in [0.1, 0.15) is 5.82 Å². The zero-order valence-corrected chi connectivity index (χ0v) is 14.7. The highest BCUT2D eigenvalue weighted by atomic mass is 19.1. The van der Waals surface area contributed by atoms with Gasteiger partial charge in [-0.3, -0.25) is 14.6 Å². The average Bonchev–Trinajstić information content (AvgIpc) is 2.67. The first-order valence-corrected chi connectivity index (χ1v) is 8.37. The molecule has 0 fully saturated rings. The molecule has 5 nitrogen and oxygen atoms in total. The quantitative estimate of drug-likeness (QED) is 0.726. The maximum atomic E-state index is 13.2. The second kappa shape index (κ2) is 8.23. The molecule has 3 rings (SSSR count). The van der Waals surface area contributed by atoms with E-state index in [1.807, 2.05) is 12.1 Å². The van der Waals surface area contributed by atoms with Crippen LogP contribution in [0.4, 0.5) is 10.1 Å². The van der Waals surface area contributed by atoms with E-state index >= 15 is 0 Å². The molecular formula is C21H18FN3O2. The lowest BCUT2D eigenvalue weighted by atomic mass is 10.1. The van der Waals surface area contributed by atoms with Crippen LogP contribution in [0.1, 0.15) is 31.8 Å². The maximum absolute atomic E-state index is 13.2. The van der Waals surface area contributed by atoms with Crippen LogP contribution in [0.15, 0.2) is 67.0 Å². The zero-order valence-electron chi connectivity index (χ0n) is 14.7. The van der Waals surface area contributed by atoms with Crippen molar-refractivity contribution < 1.29 is 14.0 Å². The number of rotatable bonds is 5. The third-order valence-corrected chi connectivity index (χ3v) is 4.04. The summed E-state index contributed by atoms with van der Waals surface area (Å²) >= 11 is 0. The van der Waals surface area contributed by atoms with Gasteiger partial charge < -0.3 is 10.6 Å². The number of aromatic nitrogens is 1. The van der Waals surface area contributed by atoms with Crippen LogP contribution >= 0.6 is 0 Å². The molecule has 6 heteroatoms. The van der Waals surface area contributed by atoms with Crippen LogP contribution in [-0.2, 0) is 6.54 Å². The van der Waals surface area contributed by atoms with Crippen LogP contribution in [0.5, 0.6) is 0 Å². The molecule has 3 aromatic rings. The molecule has 2 N–H and O–H groups in total. The predicted molar refractivity (Wildman–Crippen MR) is 101 cm³/mol. The van der Waals surface area contributed by atoms with Crippen molar-refractivity contribution in [3.05, 3.63) is 95.1 Å². The Labute approximate surface area is 156 Å². The van der Waals surface area contributed by atoms with Gasteiger partial charge in [-0.05, 0) is 72.6 Å². The number of carbonyl (C=O) groups is 2. The summed E-state index contributed by atoms with van der Waals surface area (Å²) in [7, 11) is 0. The van der Waals surface area contributed by atoms with E-state index in [1.54, 1.807) is 43.6 Å². The normalized spacial score (nSPS) is 10.3. The van der Waals surface area contributed by atoms with E-state index in [0.717, 1.165) is 5.56 Å². The van der Waals surface area contributed by atoms with Crippen molar-refractivity contribution in [2.45, 2.75) is 13.5 Å². The van der Waals surface area contributed by atoms with Crippen LogP contribution in [-0.4, -0.2) is 16.8 Å². The number of anilines is 1. The van der Waals surface area contributed by atoms with Crippen molar-refractivity contribution in [1.29, 1.82) is 0 Å². The smallest absolute Gasteiger partial charge is 0.255 e. The van der Waals surface area contributed by atoms with E-state index in [-0.39, 0.29) is 17.6 Å². The highest BCUT2D eigenvalue weighted by molar-refractivity contribution is 6.05. The number of halogens is 1. The van der Waals surface area contributed by atoms with Gasteiger partial charge in [0.05, 0.1) is 0 Å². The third-order valence-electron chi connectivity index (χ3n) is 4.04. The topological polar surface area (TPSA) is 71.1 Å². The molecule has 0 bridgehead atoms. The average molecular weight is 363 g/mol. The Morgan fingerprint density at radius 2 is 1.67 bits per heavy atom. The molecule has 0 spiro atoms. The second-order valence-electron chi connectivity index (χ2n) is 6.03. The lowest BCUT2D eigenvalue weighted by molar-refractivity contribution is 0.0950. The van der Waals surface area contributed by atoms with E-state index in [9.17, 15) is 14.0 Å². The van der Waals surface area contributed by atoms with E-state index < -0.39 is 0 Å². The van der Waals surface area contributed by atoms with Crippen molar-refractivity contribution in [2.24, 2.45) is 0 Å². The van der Waals surface area contributed by atoms with Gasteiger partial charge in [-0.15, -0.1) is 0 Å². The summed E-state index contributed by atoms with van der Waals surface area (Å²) in [6, 6.07) is 14.2. The first-order chi connectivity index (χ1) is 13.0. The molecule has 0 aliphatic carbocycles. The molecular weight excluding hydrogens is 345 g/mol. The van der Waals surface area contributed by atoms with Crippen LogP contribution < -0.4 is 10.6 Å². The number of hydrogen-bond donors (Lipinski definition) is 2. The molecule has 2 amide bonds. The summed E-state index contributed by atoms with van der Waals surface area (Å²) < 4.78 is 13.2. The number of benzene rings is 2. The van der Waals surface area contributed by atoms with Crippen LogP contribution in [0, 0.1) is 12.7 Å². The monoisotopic (exact) mass is 363 g/mol. The molecule has 0 aliphatic rings. The predicted octanol–water partition coefficient (Wildman–Crippen LogP) is 3.71. The van der Waals surface area contributed by atoms with Crippen molar-refractivity contribution in [1.82, 2.24) is 10.3 Å². The van der Waals surface area contributed by atoms with E-state index in [4.69, 9.17) is 0 Å². The SMILES string of the molecule is Cc1cc(F)ccc1C(=O)Nc1ccc(C(=O)NCc2ccncc2)cc1. The Balaban J connectivity index is 1.61. The molecule has 0 aliphatic heterocycles. The lowest BCUT2D eigenvalue weighted by Crippen LogP contribution is -2.22. The van der Waals surface area contributed by atoms with Gasteiger partial charge in [-0.25, -0.2) is 4.39 Å². The van der Waals surface area contributed by atoms with Crippen LogP contribution in [0.25, 0.3) is 0 Å². The van der Waals surface area contributed by atoms with E-state index in [0.29, 0.717) is 28.9 Å². The minimum Gasteiger partial charge on any atom is -0.348 e. The summed E-state index contributed by atoms with van der Waals surface area (Å²) in [5.74, 6) is -0.923. The molecule has 0 unspecified atom stereocenters. The Morgan fingerprint density at radius 1 is 0.963 bits per heavy atom. The van der Waals surface area contributed by atoms with Gasteiger partial charge in [0.25, 0.3) is 11.8 Å². The van der Waals surface area contributed by atoms with Gasteiger partial charge in [0.2, 0.25) is 0 Å². The number of pyridine rings is 1. The van der Waals surface area contributed by atoms with Crippen molar-refractivity contribution in [3.8, 4) is 0 Å². The highest BCUT2D eigenvalue weighted by Crippen LogP contribution is 2.15. The van der Waals surface area contributed by atoms with E-state index in [2.05, 4.69) is 15.6 Å². The fourth-order valence-electron chi connectivity index (χ4n) is 2.57. The Bertz CT molecular complexity index is 957. The summed E-state index contributed by atoms with van der Waals surface area (Å²) in [6.07, 6.45) is 3.34. The van der Waals surface area contributed by atoms with Crippen molar-refractivity contribution >= 4 is 17.5 Å². The Hall–Kier alpha value is -3.54. The minimum atomic E-state index is -0.383. The van der Waals surface area contributed by atoms with Gasteiger partial charge >= 0.3 is 0 Å². The summed E-state index contributed by atoms with van der Waals surface area (Å²) in [5, 5.41) is 5.57. The molecule has 1 aromatic heterocycles. The number of amides is 2. The van der Waals surface area contributed by atoms with Gasteiger partial charge in [0, 0.05) is 35.8 Å². The largest absolute Gasteiger partial charge is 0.348 e. The first-order valence-electron chi connectivity index (χ1n) is 8.37. The van der Waals surface area contributed by atoms with Crippen LogP contribution in [0.3, 0.4) is 0 Å². The van der Waals surface area contributed by atoms with Gasteiger partial charge in [-0.2, -0.15) is 0 Å². The summed E-state index contributed by atoms with van der Waals surface area (Å²) in [6.45, 7) is 2.08. The minimum absolute atomic E-state index is 0.209. The highest BCUT2D eigenvalue weighted by Gasteiger charge is 2.11. The van der Waals surface area contributed by atoms with Crippen LogP contribution in [0.2, 0.25) is 0 Å². The zero-order chi connectivity index (χ0) is 19.2. The fraction of sp³-hybridized carbons (Fsp3) is 0.0952. The second-order valence-corrected chi connectivity index (χ2v) is 6.03. The molecule has 1 heterocycles. The number of nitrogens with zero attached hydrogens (tertiary/aromatic N) is 1. The van der Waals surface area contributed by atoms with Gasteiger partial charge in [0.15, 0.2) is 0 Å². The Kier molecular flexibility index (Phi) is 5.56. The molecule has 27 heavy (non-hydrogen) atoms. The molecule has 2 aromatic carbocycles. The number of aryl methyl sites for hydroxylation is 1. The number of nitrogens with one attached hydrogen (secondary N) is 2.